The van der Waals surface area contributed by atoms with Gasteiger partial charge in [-0.25, -0.2) is 0 Å². The minimum absolute atomic E-state index is 0.171. The number of rotatable bonds is 3. The smallest absolute Gasteiger partial charge is 0.210 e. The van der Waals surface area contributed by atoms with Gasteiger partial charge in [-0.15, -0.1) is 17.9 Å². The second-order valence-corrected chi connectivity index (χ2v) is 5.56. The number of hydrogen-bond donors (Lipinski definition) is 1. The Bertz CT molecular complexity index is 627. The highest BCUT2D eigenvalue weighted by Gasteiger charge is 2.15. The van der Waals surface area contributed by atoms with Gasteiger partial charge >= 0.3 is 0 Å². The Labute approximate surface area is 114 Å². The van der Waals surface area contributed by atoms with Crippen molar-refractivity contribution in [3.63, 3.8) is 0 Å². The quantitative estimate of drug-likeness (QED) is 0.681. The van der Waals surface area contributed by atoms with E-state index in [1.165, 1.54) is 11.3 Å². The third-order valence-electron chi connectivity index (χ3n) is 2.61. The lowest BCUT2D eigenvalue weighted by Crippen LogP contribution is -2.00. The molecule has 1 aromatic heterocycles. The molecule has 1 aliphatic heterocycles. The molecule has 0 atom stereocenters. The normalized spacial score (nSPS) is 14.4. The van der Waals surface area contributed by atoms with Gasteiger partial charge in [-0.1, -0.05) is 6.08 Å². The van der Waals surface area contributed by atoms with Gasteiger partial charge in [0.05, 0.1) is 16.3 Å². The van der Waals surface area contributed by atoms with Crippen molar-refractivity contribution in [2.24, 2.45) is 10.2 Å². The summed E-state index contributed by atoms with van der Waals surface area (Å²) < 4.78 is 2.27. The van der Waals surface area contributed by atoms with Crippen LogP contribution in [0.3, 0.4) is 0 Å². The van der Waals surface area contributed by atoms with Crippen LogP contribution in [-0.2, 0) is 6.54 Å². The lowest BCUT2D eigenvalue weighted by molar-refractivity contribution is 0.424. The zero-order valence-electron chi connectivity index (χ0n) is 10.2. The van der Waals surface area contributed by atoms with E-state index in [2.05, 4.69) is 16.8 Å². The standard InChI is InChI=1S/C12H13N3OS2/c1-4-5-15-11(16)10(18-12(15)17)6-9-7(2)13-14-8(9)3/h4,6,16H,1,5H2,2-3H3. The Balaban J connectivity index is 2.48. The summed E-state index contributed by atoms with van der Waals surface area (Å²) in [4.78, 5) is 0.725. The summed E-state index contributed by atoms with van der Waals surface area (Å²) in [6, 6.07) is 0. The molecule has 0 saturated carbocycles. The van der Waals surface area contributed by atoms with E-state index in [1.807, 2.05) is 19.9 Å². The largest absolute Gasteiger partial charge is 0.493 e. The van der Waals surface area contributed by atoms with Gasteiger partial charge < -0.3 is 5.11 Å². The van der Waals surface area contributed by atoms with Crippen LogP contribution >= 0.6 is 23.6 Å². The molecule has 0 aromatic carbocycles. The number of aromatic hydroxyl groups is 1. The fourth-order valence-corrected chi connectivity index (χ4v) is 2.93. The van der Waals surface area contributed by atoms with Gasteiger partial charge in [0, 0.05) is 12.1 Å². The zero-order chi connectivity index (χ0) is 13.3. The monoisotopic (exact) mass is 279 g/mol. The second kappa shape index (κ2) is 4.99. The zero-order valence-corrected chi connectivity index (χ0v) is 11.8. The van der Waals surface area contributed by atoms with Gasteiger partial charge in [-0.05, 0) is 32.1 Å². The molecule has 18 heavy (non-hydrogen) atoms. The van der Waals surface area contributed by atoms with Crippen molar-refractivity contribution in [3.05, 3.63) is 27.1 Å². The maximum atomic E-state index is 10.1. The first kappa shape index (κ1) is 12.9. The molecule has 6 heteroatoms. The van der Waals surface area contributed by atoms with Gasteiger partial charge in [0.15, 0.2) is 3.95 Å². The van der Waals surface area contributed by atoms with Crippen molar-refractivity contribution in [1.82, 2.24) is 4.57 Å². The number of hydrogen-bond acceptors (Lipinski definition) is 5. The lowest BCUT2D eigenvalue weighted by atomic mass is 10.1. The van der Waals surface area contributed by atoms with E-state index in [0.29, 0.717) is 10.5 Å². The highest BCUT2D eigenvalue weighted by atomic mass is 32.1. The van der Waals surface area contributed by atoms with Gasteiger partial charge in [0.2, 0.25) is 5.88 Å². The molecular weight excluding hydrogens is 266 g/mol. The molecule has 0 unspecified atom stereocenters. The van der Waals surface area contributed by atoms with Crippen molar-refractivity contribution in [2.45, 2.75) is 20.4 Å². The van der Waals surface area contributed by atoms with Crippen LogP contribution in [0.5, 0.6) is 5.88 Å². The third kappa shape index (κ3) is 2.21. The minimum atomic E-state index is 0.171. The first-order valence-corrected chi connectivity index (χ1v) is 6.62. The molecule has 1 aliphatic rings. The number of aromatic nitrogens is 1. The van der Waals surface area contributed by atoms with Crippen LogP contribution in [0.2, 0.25) is 0 Å². The number of thiazole rings is 1. The van der Waals surface area contributed by atoms with Crippen LogP contribution in [0, 0.1) is 3.95 Å². The van der Waals surface area contributed by atoms with Gasteiger partial charge in [-0.2, -0.15) is 10.2 Å². The Morgan fingerprint density at radius 2 is 2.00 bits per heavy atom. The van der Waals surface area contributed by atoms with Crippen LogP contribution in [0.4, 0.5) is 0 Å². The van der Waals surface area contributed by atoms with Crippen molar-refractivity contribution < 1.29 is 5.11 Å². The summed E-state index contributed by atoms with van der Waals surface area (Å²) in [5.74, 6) is 0.171. The van der Waals surface area contributed by atoms with Gasteiger partial charge in [0.25, 0.3) is 0 Å². The molecule has 0 fully saturated rings. The highest BCUT2D eigenvalue weighted by Crippen LogP contribution is 2.29. The predicted molar refractivity (Wildman–Crippen MR) is 79.2 cm³/mol. The van der Waals surface area contributed by atoms with Crippen LogP contribution in [0.15, 0.2) is 28.4 Å². The molecular formula is C12H13N3OS2. The molecule has 0 aliphatic carbocycles. The number of allylic oxidation sites excluding steroid dienone is 2. The molecule has 2 heterocycles. The Morgan fingerprint density at radius 3 is 2.56 bits per heavy atom. The molecule has 4 nitrogen and oxygen atoms in total. The summed E-state index contributed by atoms with van der Waals surface area (Å²) in [6.45, 7) is 7.94. The molecule has 2 rings (SSSR count). The summed E-state index contributed by atoms with van der Waals surface area (Å²) in [5.41, 5.74) is 2.63. The Morgan fingerprint density at radius 1 is 1.39 bits per heavy atom. The highest BCUT2D eigenvalue weighted by molar-refractivity contribution is 7.73. The molecule has 1 N–H and O–H groups in total. The van der Waals surface area contributed by atoms with E-state index in [0.717, 1.165) is 21.9 Å². The topological polar surface area (TPSA) is 49.9 Å². The molecule has 0 bridgehead atoms. The summed E-state index contributed by atoms with van der Waals surface area (Å²) in [6.07, 6.45) is 3.58. The van der Waals surface area contributed by atoms with Crippen molar-refractivity contribution in [2.75, 3.05) is 0 Å². The molecule has 1 aromatic rings. The van der Waals surface area contributed by atoms with Crippen LogP contribution in [0.1, 0.15) is 18.7 Å². The van der Waals surface area contributed by atoms with E-state index in [4.69, 9.17) is 12.2 Å². The van der Waals surface area contributed by atoms with Crippen LogP contribution < -0.4 is 0 Å². The average Bonchev–Trinajstić information content (AvgIpc) is 2.77. The minimum Gasteiger partial charge on any atom is -0.493 e. The van der Waals surface area contributed by atoms with Gasteiger partial charge in [-0.3, -0.25) is 4.57 Å². The average molecular weight is 279 g/mol. The molecule has 94 valence electrons. The first-order chi connectivity index (χ1) is 8.54. The molecule has 0 amide bonds. The van der Waals surface area contributed by atoms with Crippen molar-refractivity contribution in [1.29, 1.82) is 0 Å². The van der Waals surface area contributed by atoms with Gasteiger partial charge in [0.1, 0.15) is 0 Å². The van der Waals surface area contributed by atoms with E-state index >= 15 is 0 Å². The van der Waals surface area contributed by atoms with E-state index in [9.17, 15) is 5.11 Å². The maximum absolute atomic E-state index is 10.1. The predicted octanol–water partition coefficient (Wildman–Crippen LogP) is 3.40. The fraction of sp³-hybridized carbons (Fsp3) is 0.250. The van der Waals surface area contributed by atoms with Crippen molar-refractivity contribution in [3.8, 4) is 5.88 Å². The SMILES string of the molecule is C=CCn1c(O)c(C=C2C(C)=NN=C2C)sc1=S. The second-order valence-electron chi connectivity index (χ2n) is 3.88. The fourth-order valence-electron chi connectivity index (χ4n) is 1.66. The maximum Gasteiger partial charge on any atom is 0.210 e. The lowest BCUT2D eigenvalue weighted by Gasteiger charge is -2.00. The summed E-state index contributed by atoms with van der Waals surface area (Å²) >= 11 is 6.58. The Kier molecular flexibility index (Phi) is 3.58. The Hall–Kier alpha value is -1.53. The van der Waals surface area contributed by atoms with E-state index in [-0.39, 0.29) is 5.88 Å². The third-order valence-corrected chi connectivity index (χ3v) is 4.00. The van der Waals surface area contributed by atoms with Crippen LogP contribution in [0.25, 0.3) is 6.08 Å². The van der Waals surface area contributed by atoms with Crippen LogP contribution in [-0.4, -0.2) is 21.1 Å². The summed E-state index contributed by atoms with van der Waals surface area (Å²) in [7, 11) is 0. The van der Waals surface area contributed by atoms with E-state index in [1.54, 1.807) is 10.6 Å². The molecule has 0 radical (unpaired) electrons. The molecule has 0 saturated heterocycles. The summed E-state index contributed by atoms with van der Waals surface area (Å²) in [5, 5.41) is 18.1. The van der Waals surface area contributed by atoms with E-state index < -0.39 is 0 Å². The number of nitrogens with zero attached hydrogens (tertiary/aromatic N) is 3. The first-order valence-electron chi connectivity index (χ1n) is 5.39. The van der Waals surface area contributed by atoms with Crippen molar-refractivity contribution >= 4 is 41.1 Å². The molecule has 0 spiro atoms.